The first-order valence-electron chi connectivity index (χ1n) is 9.12. The van der Waals surface area contributed by atoms with Gasteiger partial charge in [0.2, 0.25) is 5.91 Å². The van der Waals surface area contributed by atoms with Crippen molar-refractivity contribution >= 4 is 44.5 Å². The smallest absolute Gasteiger partial charge is 0.273 e. The standard InChI is InChI=1S/C17H25N5O2S2/c1-4-11(3)18-12(23)10-25-17-20-14-13(15(24)22(17)5-2)26-16(19-14)21-8-6-7-9-21/h11H,4-10H2,1-3H3,(H,18,23). The summed E-state index contributed by atoms with van der Waals surface area (Å²) in [5.41, 5.74) is 0.432. The number of rotatable bonds is 7. The molecule has 0 aliphatic carbocycles. The summed E-state index contributed by atoms with van der Waals surface area (Å²) in [6.45, 7) is 8.42. The fourth-order valence-electron chi connectivity index (χ4n) is 2.86. The number of hydrogen-bond donors (Lipinski definition) is 1. The molecule has 2 aromatic rings. The highest BCUT2D eigenvalue weighted by Crippen LogP contribution is 2.29. The maximum absolute atomic E-state index is 12.8. The van der Waals surface area contributed by atoms with E-state index in [2.05, 4.69) is 20.2 Å². The van der Waals surface area contributed by atoms with E-state index in [1.165, 1.54) is 23.1 Å². The van der Waals surface area contributed by atoms with Crippen LogP contribution in [0, 0.1) is 0 Å². The Morgan fingerprint density at radius 1 is 1.31 bits per heavy atom. The molecule has 1 N–H and O–H groups in total. The van der Waals surface area contributed by atoms with Crippen LogP contribution in [0.2, 0.25) is 0 Å². The van der Waals surface area contributed by atoms with Crippen LogP contribution in [0.15, 0.2) is 9.95 Å². The van der Waals surface area contributed by atoms with Crippen molar-refractivity contribution in [2.45, 2.75) is 57.8 Å². The molecule has 26 heavy (non-hydrogen) atoms. The second kappa shape index (κ2) is 8.39. The lowest BCUT2D eigenvalue weighted by atomic mass is 10.3. The molecule has 142 valence electrons. The Morgan fingerprint density at radius 2 is 2.04 bits per heavy atom. The molecule has 9 heteroatoms. The second-order valence-corrected chi connectivity index (χ2v) is 8.37. The fourth-order valence-corrected chi connectivity index (χ4v) is 4.73. The molecule has 0 saturated carbocycles. The van der Waals surface area contributed by atoms with E-state index < -0.39 is 0 Å². The summed E-state index contributed by atoms with van der Waals surface area (Å²) in [6.07, 6.45) is 3.21. The Hall–Kier alpha value is -1.61. The fraction of sp³-hybridized carbons (Fsp3) is 0.647. The van der Waals surface area contributed by atoms with Gasteiger partial charge in [-0.3, -0.25) is 14.2 Å². The molecular formula is C17H25N5O2S2. The maximum Gasteiger partial charge on any atom is 0.273 e. The minimum atomic E-state index is -0.0646. The highest BCUT2D eigenvalue weighted by atomic mass is 32.2. The van der Waals surface area contributed by atoms with Gasteiger partial charge in [0.1, 0.15) is 4.70 Å². The van der Waals surface area contributed by atoms with E-state index in [0.29, 0.717) is 22.0 Å². The average Bonchev–Trinajstić information content (AvgIpc) is 3.29. The van der Waals surface area contributed by atoms with Gasteiger partial charge in [0, 0.05) is 25.7 Å². The second-order valence-electron chi connectivity index (χ2n) is 6.45. The Bertz CT molecular complexity index is 842. The van der Waals surface area contributed by atoms with E-state index in [0.717, 1.165) is 37.5 Å². The number of carbonyl (C=O) groups is 1. The molecule has 1 aliphatic rings. The van der Waals surface area contributed by atoms with Crippen LogP contribution in [-0.4, -0.2) is 45.3 Å². The molecule has 1 aliphatic heterocycles. The number of fused-ring (bicyclic) bond motifs is 1. The normalized spacial score (nSPS) is 15.6. The van der Waals surface area contributed by atoms with Gasteiger partial charge in [0.15, 0.2) is 15.9 Å². The van der Waals surface area contributed by atoms with Gasteiger partial charge in [-0.05, 0) is 33.1 Å². The molecule has 0 bridgehead atoms. The minimum absolute atomic E-state index is 0.0441. The van der Waals surface area contributed by atoms with Crippen molar-refractivity contribution in [3.63, 3.8) is 0 Å². The summed E-state index contributed by atoms with van der Waals surface area (Å²) in [4.78, 5) is 36.3. The lowest BCUT2D eigenvalue weighted by Crippen LogP contribution is -2.33. The summed E-state index contributed by atoms with van der Waals surface area (Å²) < 4.78 is 2.23. The van der Waals surface area contributed by atoms with Gasteiger partial charge in [0.25, 0.3) is 5.56 Å². The SMILES string of the molecule is CCC(C)NC(=O)CSc1nc2nc(N3CCCC3)sc2c(=O)n1CC. The van der Waals surface area contributed by atoms with Crippen LogP contribution in [0.5, 0.6) is 0 Å². The first-order valence-corrected chi connectivity index (χ1v) is 10.9. The van der Waals surface area contributed by atoms with Gasteiger partial charge in [-0.1, -0.05) is 30.0 Å². The van der Waals surface area contributed by atoms with E-state index in [9.17, 15) is 9.59 Å². The number of amides is 1. The highest BCUT2D eigenvalue weighted by molar-refractivity contribution is 7.99. The predicted molar refractivity (Wildman–Crippen MR) is 107 cm³/mol. The molecule has 1 fully saturated rings. The monoisotopic (exact) mass is 395 g/mol. The summed E-state index contributed by atoms with van der Waals surface area (Å²) >= 11 is 2.72. The molecule has 0 aromatic carbocycles. The van der Waals surface area contributed by atoms with Gasteiger partial charge in [-0.15, -0.1) is 0 Å². The van der Waals surface area contributed by atoms with Crippen LogP contribution in [-0.2, 0) is 11.3 Å². The number of anilines is 1. The lowest BCUT2D eigenvalue weighted by Gasteiger charge is -2.12. The number of hydrogen-bond acceptors (Lipinski definition) is 7. The van der Waals surface area contributed by atoms with Crippen molar-refractivity contribution < 1.29 is 4.79 Å². The molecule has 0 radical (unpaired) electrons. The Morgan fingerprint density at radius 3 is 2.69 bits per heavy atom. The molecule has 3 heterocycles. The van der Waals surface area contributed by atoms with E-state index in [-0.39, 0.29) is 23.3 Å². The Balaban J connectivity index is 1.85. The highest BCUT2D eigenvalue weighted by Gasteiger charge is 2.20. The average molecular weight is 396 g/mol. The van der Waals surface area contributed by atoms with E-state index in [1.54, 1.807) is 4.57 Å². The number of thioether (sulfide) groups is 1. The Labute approximate surface area is 161 Å². The first-order chi connectivity index (χ1) is 12.5. The third kappa shape index (κ3) is 4.03. The molecule has 1 amide bonds. The predicted octanol–water partition coefficient (Wildman–Crippen LogP) is 2.48. The van der Waals surface area contributed by atoms with Crippen LogP contribution >= 0.6 is 23.1 Å². The van der Waals surface area contributed by atoms with Crippen molar-refractivity contribution in [1.29, 1.82) is 0 Å². The van der Waals surface area contributed by atoms with Gasteiger partial charge in [0.05, 0.1) is 5.75 Å². The molecule has 1 saturated heterocycles. The zero-order chi connectivity index (χ0) is 18.7. The zero-order valence-corrected chi connectivity index (χ0v) is 17.1. The van der Waals surface area contributed by atoms with Gasteiger partial charge in [-0.2, -0.15) is 4.98 Å². The summed E-state index contributed by atoms with van der Waals surface area (Å²) in [5.74, 6) is 0.197. The number of nitrogens with one attached hydrogen (secondary N) is 1. The number of aromatic nitrogens is 3. The molecule has 2 aromatic heterocycles. The maximum atomic E-state index is 12.8. The largest absolute Gasteiger partial charge is 0.353 e. The van der Waals surface area contributed by atoms with E-state index in [4.69, 9.17) is 0 Å². The van der Waals surface area contributed by atoms with Crippen molar-refractivity contribution in [3.05, 3.63) is 10.4 Å². The lowest BCUT2D eigenvalue weighted by molar-refractivity contribution is -0.119. The van der Waals surface area contributed by atoms with Crippen molar-refractivity contribution in [2.75, 3.05) is 23.7 Å². The van der Waals surface area contributed by atoms with Crippen LogP contribution in [0.25, 0.3) is 10.3 Å². The zero-order valence-electron chi connectivity index (χ0n) is 15.4. The molecule has 0 spiro atoms. The molecule has 1 unspecified atom stereocenters. The summed E-state index contributed by atoms with van der Waals surface area (Å²) in [5, 5.41) is 4.37. The number of thiazole rings is 1. The van der Waals surface area contributed by atoms with Gasteiger partial charge >= 0.3 is 0 Å². The van der Waals surface area contributed by atoms with Gasteiger partial charge in [-0.25, -0.2) is 4.98 Å². The third-order valence-electron chi connectivity index (χ3n) is 4.51. The summed E-state index contributed by atoms with van der Waals surface area (Å²) in [6, 6.07) is 0.147. The van der Waals surface area contributed by atoms with Crippen LogP contribution in [0.3, 0.4) is 0 Å². The molecule has 3 rings (SSSR count). The minimum Gasteiger partial charge on any atom is -0.353 e. The molecular weight excluding hydrogens is 370 g/mol. The van der Waals surface area contributed by atoms with E-state index in [1.807, 2.05) is 20.8 Å². The van der Waals surface area contributed by atoms with E-state index >= 15 is 0 Å². The third-order valence-corrected chi connectivity index (χ3v) is 6.58. The number of nitrogens with zero attached hydrogens (tertiary/aromatic N) is 4. The van der Waals surface area contributed by atoms with Crippen molar-refractivity contribution in [3.8, 4) is 0 Å². The first kappa shape index (κ1) is 19.2. The van der Waals surface area contributed by atoms with Crippen LogP contribution < -0.4 is 15.8 Å². The Kier molecular flexibility index (Phi) is 6.18. The molecule has 1 atom stereocenters. The summed E-state index contributed by atoms with van der Waals surface area (Å²) in [7, 11) is 0. The topological polar surface area (TPSA) is 80.1 Å². The van der Waals surface area contributed by atoms with Gasteiger partial charge < -0.3 is 10.2 Å². The quantitative estimate of drug-likeness (QED) is 0.573. The van der Waals surface area contributed by atoms with Crippen molar-refractivity contribution in [1.82, 2.24) is 19.9 Å². The molecule has 7 nitrogen and oxygen atoms in total. The van der Waals surface area contributed by atoms with Crippen molar-refractivity contribution in [2.24, 2.45) is 0 Å². The van der Waals surface area contributed by atoms with Crippen LogP contribution in [0.1, 0.15) is 40.0 Å². The number of carbonyl (C=O) groups excluding carboxylic acids is 1. The van der Waals surface area contributed by atoms with Crippen LogP contribution in [0.4, 0.5) is 5.13 Å².